The fraction of sp³-hybridized carbons (Fsp3) is 0.360. The predicted molar refractivity (Wildman–Crippen MR) is 133 cm³/mol. The number of fused-ring (bicyclic) bond motifs is 1. The number of hydrogen-bond donors (Lipinski definition) is 3. The minimum absolute atomic E-state index is 0.00372. The Balaban J connectivity index is 1.77. The number of carbonyl (C=O) groups excluding carboxylic acids is 1. The Morgan fingerprint density at radius 3 is 2.72 bits per heavy atom. The number of aromatic carboxylic acids is 1. The zero-order valence-electron chi connectivity index (χ0n) is 20.0. The second-order valence-corrected chi connectivity index (χ2v) is 11.2. The number of sulfone groups is 1. The van der Waals surface area contributed by atoms with E-state index in [-0.39, 0.29) is 22.9 Å². The first-order valence-corrected chi connectivity index (χ1v) is 13.6. The molecule has 2 atom stereocenters. The molecular formula is C25H28FN3O6S. The molecule has 0 radical (unpaired) electrons. The first-order chi connectivity index (χ1) is 17.0. The number of nitrogens with zero attached hydrogens (tertiary/aromatic N) is 1. The SMILES string of the molecule is C[C@@H](c1cccc2c(-c3ccc(CS(C)(=O)=O)c(F)c3)c(C(=O)O)[nH]c12)N1C[C@@H](CCCN)OC1=O. The van der Waals surface area contributed by atoms with E-state index in [0.29, 0.717) is 41.5 Å². The minimum atomic E-state index is -3.45. The van der Waals surface area contributed by atoms with Crippen molar-refractivity contribution in [1.82, 2.24) is 9.88 Å². The van der Waals surface area contributed by atoms with Crippen LogP contribution in [0.2, 0.25) is 0 Å². The molecule has 3 aromatic rings. The average Bonchev–Trinajstić information content (AvgIpc) is 3.38. The van der Waals surface area contributed by atoms with Crippen molar-refractivity contribution in [2.45, 2.75) is 37.7 Å². The van der Waals surface area contributed by atoms with Gasteiger partial charge in [-0.05, 0) is 43.5 Å². The number of aromatic amines is 1. The van der Waals surface area contributed by atoms with Crippen LogP contribution in [0.5, 0.6) is 0 Å². The molecule has 4 rings (SSSR count). The van der Waals surface area contributed by atoms with E-state index in [2.05, 4.69) is 4.98 Å². The summed E-state index contributed by atoms with van der Waals surface area (Å²) < 4.78 is 43.5. The van der Waals surface area contributed by atoms with Crippen LogP contribution in [0.25, 0.3) is 22.0 Å². The highest BCUT2D eigenvalue weighted by Gasteiger charge is 2.35. The first kappa shape index (κ1) is 25.6. The molecule has 0 spiro atoms. The Morgan fingerprint density at radius 2 is 2.08 bits per heavy atom. The Hall–Kier alpha value is -3.44. The molecule has 1 aliphatic heterocycles. The van der Waals surface area contributed by atoms with Crippen LogP contribution in [0.4, 0.5) is 9.18 Å². The van der Waals surface area contributed by atoms with Gasteiger partial charge in [0.25, 0.3) is 0 Å². The van der Waals surface area contributed by atoms with Crippen molar-refractivity contribution in [2.75, 3.05) is 19.3 Å². The fourth-order valence-electron chi connectivity index (χ4n) is 4.67. The molecule has 1 aromatic heterocycles. The molecule has 2 heterocycles. The Bertz CT molecular complexity index is 1440. The van der Waals surface area contributed by atoms with Gasteiger partial charge in [0.05, 0.1) is 23.9 Å². The summed E-state index contributed by atoms with van der Waals surface area (Å²) in [7, 11) is -3.45. The van der Waals surface area contributed by atoms with E-state index < -0.39 is 39.5 Å². The molecule has 36 heavy (non-hydrogen) atoms. The Labute approximate surface area is 208 Å². The van der Waals surface area contributed by atoms with E-state index in [1.165, 1.54) is 12.1 Å². The quantitative estimate of drug-likeness (QED) is 0.391. The number of carbonyl (C=O) groups is 2. The Morgan fingerprint density at radius 1 is 1.33 bits per heavy atom. The van der Waals surface area contributed by atoms with Gasteiger partial charge in [-0.25, -0.2) is 22.4 Å². The second kappa shape index (κ2) is 9.90. The van der Waals surface area contributed by atoms with Crippen LogP contribution in [0, 0.1) is 5.82 Å². The number of para-hydroxylation sites is 1. The summed E-state index contributed by atoms with van der Waals surface area (Å²) >= 11 is 0. The Kier molecular flexibility index (Phi) is 7.05. The number of aromatic nitrogens is 1. The van der Waals surface area contributed by atoms with Crippen molar-refractivity contribution < 1.29 is 32.2 Å². The van der Waals surface area contributed by atoms with Crippen molar-refractivity contribution in [3.05, 3.63) is 59.0 Å². The number of nitrogens with one attached hydrogen (secondary N) is 1. The fourth-order valence-corrected chi connectivity index (χ4v) is 5.47. The number of rotatable bonds is 9. The molecule has 1 fully saturated rings. The van der Waals surface area contributed by atoms with Crippen molar-refractivity contribution in [3.63, 3.8) is 0 Å². The highest BCUT2D eigenvalue weighted by molar-refractivity contribution is 7.89. The molecule has 0 unspecified atom stereocenters. The number of carboxylic acids is 1. The molecule has 4 N–H and O–H groups in total. The van der Waals surface area contributed by atoms with Crippen LogP contribution in [-0.4, -0.2) is 60.9 Å². The van der Waals surface area contributed by atoms with Gasteiger partial charge in [0, 0.05) is 22.8 Å². The number of amides is 1. The maximum Gasteiger partial charge on any atom is 0.410 e. The molecule has 2 aromatic carbocycles. The molecule has 0 bridgehead atoms. The number of cyclic esters (lactones) is 1. The van der Waals surface area contributed by atoms with E-state index in [1.807, 2.05) is 6.92 Å². The molecule has 192 valence electrons. The molecule has 9 nitrogen and oxygen atoms in total. The zero-order valence-corrected chi connectivity index (χ0v) is 20.8. The van der Waals surface area contributed by atoms with Gasteiger partial charge in [-0.2, -0.15) is 0 Å². The third-order valence-corrected chi connectivity index (χ3v) is 7.22. The van der Waals surface area contributed by atoms with Gasteiger partial charge >= 0.3 is 12.1 Å². The maximum atomic E-state index is 14.8. The summed E-state index contributed by atoms with van der Waals surface area (Å²) in [5.74, 6) is -2.43. The van der Waals surface area contributed by atoms with E-state index in [4.69, 9.17) is 10.5 Å². The van der Waals surface area contributed by atoms with Crippen LogP contribution < -0.4 is 5.73 Å². The highest BCUT2D eigenvalue weighted by Crippen LogP contribution is 2.38. The van der Waals surface area contributed by atoms with Gasteiger partial charge in [-0.3, -0.25) is 4.90 Å². The number of hydrogen-bond acceptors (Lipinski definition) is 6. The van der Waals surface area contributed by atoms with E-state index >= 15 is 0 Å². The van der Waals surface area contributed by atoms with E-state index in [1.54, 1.807) is 23.1 Å². The van der Waals surface area contributed by atoms with Gasteiger partial charge in [-0.15, -0.1) is 0 Å². The average molecular weight is 518 g/mol. The summed E-state index contributed by atoms with van der Waals surface area (Å²) in [6.07, 6.45) is 1.70. The molecule has 11 heteroatoms. The largest absolute Gasteiger partial charge is 0.477 e. The summed E-state index contributed by atoms with van der Waals surface area (Å²) in [6, 6.07) is 8.85. The topological polar surface area (TPSA) is 143 Å². The van der Waals surface area contributed by atoms with Gasteiger partial charge in [-0.1, -0.05) is 30.3 Å². The number of ether oxygens (including phenoxy) is 1. The predicted octanol–water partition coefficient (Wildman–Crippen LogP) is 3.84. The molecular weight excluding hydrogens is 489 g/mol. The lowest BCUT2D eigenvalue weighted by molar-refractivity contribution is 0.0692. The van der Waals surface area contributed by atoms with Crippen LogP contribution >= 0.6 is 0 Å². The zero-order chi connectivity index (χ0) is 26.2. The van der Waals surface area contributed by atoms with Crippen molar-refractivity contribution in [2.24, 2.45) is 5.73 Å². The number of H-pyrrole nitrogens is 1. The summed E-state index contributed by atoms with van der Waals surface area (Å²) in [6.45, 7) is 2.73. The van der Waals surface area contributed by atoms with Gasteiger partial charge in [0.15, 0.2) is 9.84 Å². The van der Waals surface area contributed by atoms with E-state index in [9.17, 15) is 27.5 Å². The molecule has 1 amide bonds. The molecule has 1 saturated heterocycles. The van der Waals surface area contributed by atoms with E-state index in [0.717, 1.165) is 18.7 Å². The lowest BCUT2D eigenvalue weighted by atomic mass is 9.97. The third-order valence-electron chi connectivity index (χ3n) is 6.39. The van der Waals surface area contributed by atoms with Gasteiger partial charge in [0.2, 0.25) is 0 Å². The maximum absolute atomic E-state index is 14.8. The van der Waals surface area contributed by atoms with Crippen LogP contribution in [0.15, 0.2) is 36.4 Å². The second-order valence-electron chi connectivity index (χ2n) is 9.09. The lowest BCUT2D eigenvalue weighted by Crippen LogP contribution is -2.28. The van der Waals surface area contributed by atoms with Crippen LogP contribution in [0.1, 0.15) is 47.4 Å². The van der Waals surface area contributed by atoms with Crippen LogP contribution in [-0.2, 0) is 20.3 Å². The number of carboxylic acid groups (broad SMARTS) is 1. The minimum Gasteiger partial charge on any atom is -0.477 e. The third kappa shape index (κ3) is 5.07. The van der Waals surface area contributed by atoms with Gasteiger partial charge < -0.3 is 20.6 Å². The number of halogens is 1. The van der Waals surface area contributed by atoms with Crippen molar-refractivity contribution >= 4 is 32.8 Å². The molecule has 0 saturated carbocycles. The first-order valence-electron chi connectivity index (χ1n) is 11.5. The standard InChI is InChI=1S/C25H28FN3O6S/c1-14(29-12-17(5-4-10-27)35-25(29)32)18-6-3-7-19-21(23(24(30)31)28-22(18)19)15-8-9-16(20(26)11-15)13-36(2,33)34/h3,6-9,11,14,17,28H,4-5,10,12-13,27H2,1-2H3,(H,30,31)/t14-,17+/m0/s1. The normalized spacial score (nSPS) is 16.9. The lowest BCUT2D eigenvalue weighted by Gasteiger charge is -2.23. The monoisotopic (exact) mass is 517 g/mol. The van der Waals surface area contributed by atoms with Crippen molar-refractivity contribution in [3.8, 4) is 11.1 Å². The van der Waals surface area contributed by atoms with Crippen LogP contribution in [0.3, 0.4) is 0 Å². The van der Waals surface area contributed by atoms with Gasteiger partial charge in [0.1, 0.15) is 17.6 Å². The molecule has 0 aliphatic carbocycles. The number of nitrogens with two attached hydrogens (primary N) is 1. The smallest absolute Gasteiger partial charge is 0.410 e. The number of benzene rings is 2. The molecule has 1 aliphatic rings. The summed E-state index contributed by atoms with van der Waals surface area (Å²) in [5, 5.41) is 10.4. The van der Waals surface area contributed by atoms with Crippen molar-refractivity contribution in [1.29, 1.82) is 0 Å². The summed E-state index contributed by atoms with van der Waals surface area (Å²) in [4.78, 5) is 29.2. The summed E-state index contributed by atoms with van der Waals surface area (Å²) in [5.41, 5.74) is 7.20. The highest BCUT2D eigenvalue weighted by atomic mass is 32.2.